The van der Waals surface area contributed by atoms with Crippen LogP contribution < -0.4 is 10.2 Å². The van der Waals surface area contributed by atoms with Crippen LogP contribution in [0.2, 0.25) is 0 Å². The maximum Gasteiger partial charge on any atom is 0.271 e. The quantitative estimate of drug-likeness (QED) is 0.737. The molecule has 1 amide bonds. The Labute approximate surface area is 163 Å². The molecule has 1 aromatic heterocycles. The van der Waals surface area contributed by atoms with Crippen molar-refractivity contribution in [1.29, 1.82) is 0 Å². The molecule has 0 unspecified atom stereocenters. The molecule has 0 radical (unpaired) electrons. The molecule has 1 saturated heterocycles. The number of anilines is 1. The summed E-state index contributed by atoms with van der Waals surface area (Å²) in [5.74, 6) is -0.420. The predicted molar refractivity (Wildman–Crippen MR) is 107 cm³/mol. The molecule has 0 spiro atoms. The van der Waals surface area contributed by atoms with Crippen LogP contribution in [0.25, 0.3) is 11.0 Å². The van der Waals surface area contributed by atoms with Crippen LogP contribution in [0.15, 0.2) is 54.7 Å². The van der Waals surface area contributed by atoms with E-state index < -0.39 is 0 Å². The van der Waals surface area contributed by atoms with E-state index in [1.54, 1.807) is 12.1 Å². The Morgan fingerprint density at radius 1 is 1.04 bits per heavy atom. The first kappa shape index (κ1) is 18.3. The molecule has 144 valence electrons. The molecule has 0 atom stereocenters. The summed E-state index contributed by atoms with van der Waals surface area (Å²) in [7, 11) is 0. The lowest BCUT2D eigenvalue weighted by atomic mass is 10.2. The highest BCUT2D eigenvalue weighted by molar-refractivity contribution is 5.93. The lowest BCUT2D eigenvalue weighted by Gasteiger charge is -2.36. The van der Waals surface area contributed by atoms with Gasteiger partial charge in [0.25, 0.3) is 5.91 Å². The summed E-state index contributed by atoms with van der Waals surface area (Å²) in [4.78, 5) is 25.4. The van der Waals surface area contributed by atoms with Crippen molar-refractivity contribution in [3.05, 3.63) is 66.2 Å². The van der Waals surface area contributed by atoms with Crippen molar-refractivity contribution in [3.8, 4) is 0 Å². The van der Waals surface area contributed by atoms with E-state index in [4.69, 9.17) is 0 Å². The van der Waals surface area contributed by atoms with Gasteiger partial charge in [0.2, 0.25) is 0 Å². The van der Waals surface area contributed by atoms with Crippen LogP contribution in [-0.2, 0) is 0 Å². The summed E-state index contributed by atoms with van der Waals surface area (Å²) in [6.45, 7) is 4.75. The van der Waals surface area contributed by atoms with Crippen LogP contribution >= 0.6 is 0 Å². The highest BCUT2D eigenvalue weighted by atomic mass is 19.1. The van der Waals surface area contributed by atoms with Gasteiger partial charge in [-0.1, -0.05) is 18.2 Å². The Morgan fingerprint density at radius 2 is 1.82 bits per heavy atom. The van der Waals surface area contributed by atoms with Gasteiger partial charge in [0.1, 0.15) is 11.5 Å². The van der Waals surface area contributed by atoms with Crippen LogP contribution in [0, 0.1) is 5.82 Å². The Balaban J connectivity index is 1.24. The average molecular weight is 379 g/mol. The molecular formula is C21H22FN5O. The number of nitrogens with one attached hydrogen (secondary N) is 1. The van der Waals surface area contributed by atoms with Gasteiger partial charge >= 0.3 is 0 Å². The van der Waals surface area contributed by atoms with Crippen molar-refractivity contribution in [1.82, 2.24) is 20.2 Å². The molecule has 3 aromatic rings. The predicted octanol–water partition coefficient (Wildman–Crippen LogP) is 2.32. The van der Waals surface area contributed by atoms with Gasteiger partial charge in [-0.15, -0.1) is 0 Å². The molecule has 0 saturated carbocycles. The minimum absolute atomic E-state index is 0.209. The van der Waals surface area contributed by atoms with E-state index in [9.17, 15) is 9.18 Å². The Kier molecular flexibility index (Phi) is 5.43. The van der Waals surface area contributed by atoms with Crippen LogP contribution in [0.5, 0.6) is 0 Å². The van der Waals surface area contributed by atoms with Gasteiger partial charge in [0.05, 0.1) is 17.2 Å². The molecule has 2 heterocycles. The van der Waals surface area contributed by atoms with E-state index in [0.29, 0.717) is 17.8 Å². The van der Waals surface area contributed by atoms with Crippen molar-refractivity contribution in [2.24, 2.45) is 0 Å². The molecule has 1 fully saturated rings. The highest BCUT2D eigenvalue weighted by Gasteiger charge is 2.17. The minimum Gasteiger partial charge on any atom is -0.369 e. The number of hydrogen-bond donors (Lipinski definition) is 1. The minimum atomic E-state index is -0.211. The second-order valence-electron chi connectivity index (χ2n) is 6.81. The molecule has 1 N–H and O–H groups in total. The van der Waals surface area contributed by atoms with Crippen molar-refractivity contribution in [2.45, 2.75) is 0 Å². The van der Waals surface area contributed by atoms with Gasteiger partial charge in [0, 0.05) is 45.0 Å². The number of aromatic nitrogens is 2. The molecule has 6 nitrogen and oxygen atoms in total. The van der Waals surface area contributed by atoms with E-state index in [1.807, 2.05) is 30.3 Å². The topological polar surface area (TPSA) is 61.4 Å². The van der Waals surface area contributed by atoms with Crippen molar-refractivity contribution in [2.75, 3.05) is 44.2 Å². The second kappa shape index (κ2) is 8.31. The summed E-state index contributed by atoms with van der Waals surface area (Å²) in [6, 6.07) is 14.2. The molecule has 7 heteroatoms. The normalized spacial score (nSPS) is 15.0. The lowest BCUT2D eigenvalue weighted by Crippen LogP contribution is -2.48. The standard InChI is InChI=1S/C21H22FN5O/c22-16-4-3-5-17(14-16)27-12-10-26(11-13-27)9-8-23-21(28)20-15-24-18-6-1-2-7-19(18)25-20/h1-7,14-15H,8-13H2,(H,23,28). The van der Waals surface area contributed by atoms with Crippen molar-refractivity contribution >= 4 is 22.6 Å². The molecule has 2 aromatic carbocycles. The third-order valence-corrected chi connectivity index (χ3v) is 4.94. The number of amides is 1. The van der Waals surface area contributed by atoms with E-state index in [0.717, 1.165) is 43.9 Å². The number of fused-ring (bicyclic) bond motifs is 1. The number of carbonyl (C=O) groups excluding carboxylic acids is 1. The van der Waals surface area contributed by atoms with Gasteiger partial charge in [-0.05, 0) is 30.3 Å². The van der Waals surface area contributed by atoms with E-state index in [2.05, 4.69) is 25.1 Å². The smallest absolute Gasteiger partial charge is 0.271 e. The van der Waals surface area contributed by atoms with Crippen LogP contribution in [-0.4, -0.2) is 60.0 Å². The number of benzene rings is 2. The summed E-state index contributed by atoms with van der Waals surface area (Å²) in [5, 5.41) is 2.92. The fraction of sp³-hybridized carbons (Fsp3) is 0.286. The monoisotopic (exact) mass is 379 g/mol. The van der Waals surface area contributed by atoms with Crippen LogP contribution in [0.1, 0.15) is 10.5 Å². The third kappa shape index (κ3) is 4.26. The molecule has 1 aliphatic rings. The molecule has 0 bridgehead atoms. The summed E-state index contributed by atoms with van der Waals surface area (Å²) >= 11 is 0. The lowest BCUT2D eigenvalue weighted by molar-refractivity contribution is 0.0943. The number of nitrogens with zero attached hydrogens (tertiary/aromatic N) is 4. The third-order valence-electron chi connectivity index (χ3n) is 4.94. The summed E-state index contributed by atoms with van der Waals surface area (Å²) < 4.78 is 13.4. The van der Waals surface area contributed by atoms with Gasteiger partial charge in [-0.3, -0.25) is 14.7 Å². The van der Waals surface area contributed by atoms with Crippen LogP contribution in [0.4, 0.5) is 10.1 Å². The zero-order valence-corrected chi connectivity index (χ0v) is 15.5. The maximum atomic E-state index is 13.4. The Morgan fingerprint density at radius 3 is 2.61 bits per heavy atom. The molecular weight excluding hydrogens is 357 g/mol. The summed E-state index contributed by atoms with van der Waals surface area (Å²) in [6.07, 6.45) is 1.51. The number of hydrogen-bond acceptors (Lipinski definition) is 5. The van der Waals surface area contributed by atoms with E-state index >= 15 is 0 Å². The fourth-order valence-electron chi connectivity index (χ4n) is 3.39. The molecule has 28 heavy (non-hydrogen) atoms. The van der Waals surface area contributed by atoms with Gasteiger partial charge in [-0.2, -0.15) is 0 Å². The number of carbonyl (C=O) groups is 1. The van der Waals surface area contributed by atoms with Crippen molar-refractivity contribution < 1.29 is 9.18 Å². The first-order valence-electron chi connectivity index (χ1n) is 9.42. The first-order chi connectivity index (χ1) is 13.7. The Hall–Kier alpha value is -3.06. The van der Waals surface area contributed by atoms with Gasteiger partial charge in [0.15, 0.2) is 0 Å². The second-order valence-corrected chi connectivity index (χ2v) is 6.81. The fourth-order valence-corrected chi connectivity index (χ4v) is 3.39. The molecule has 4 rings (SSSR count). The van der Waals surface area contributed by atoms with E-state index in [-0.39, 0.29) is 11.7 Å². The first-order valence-corrected chi connectivity index (χ1v) is 9.42. The average Bonchev–Trinajstić information content (AvgIpc) is 2.74. The summed E-state index contributed by atoms with van der Waals surface area (Å²) in [5.41, 5.74) is 2.73. The van der Waals surface area contributed by atoms with Crippen LogP contribution in [0.3, 0.4) is 0 Å². The Bertz CT molecular complexity index is 972. The highest BCUT2D eigenvalue weighted by Crippen LogP contribution is 2.17. The number of para-hydroxylation sites is 2. The number of piperazine rings is 1. The van der Waals surface area contributed by atoms with Gasteiger partial charge in [-0.25, -0.2) is 9.37 Å². The number of halogens is 1. The SMILES string of the molecule is O=C(NCCN1CCN(c2cccc(F)c2)CC1)c1cnc2ccccc2n1. The largest absolute Gasteiger partial charge is 0.369 e. The zero-order chi connectivity index (χ0) is 19.3. The van der Waals surface area contributed by atoms with E-state index in [1.165, 1.54) is 12.3 Å². The number of rotatable bonds is 5. The van der Waals surface area contributed by atoms with Gasteiger partial charge < -0.3 is 10.2 Å². The van der Waals surface area contributed by atoms with Crippen molar-refractivity contribution in [3.63, 3.8) is 0 Å². The maximum absolute atomic E-state index is 13.4. The molecule has 0 aliphatic carbocycles. The zero-order valence-electron chi connectivity index (χ0n) is 15.5. The molecule has 1 aliphatic heterocycles.